The second-order valence-electron chi connectivity index (χ2n) is 6.27. The van der Waals surface area contributed by atoms with Crippen molar-refractivity contribution in [2.75, 3.05) is 31.1 Å². The first kappa shape index (κ1) is 17.1. The number of rotatable bonds is 4. The number of ether oxygens (including phenoxy) is 1. The summed E-state index contributed by atoms with van der Waals surface area (Å²) in [6.45, 7) is 2.63. The molecule has 1 aliphatic heterocycles. The molecule has 0 N–H and O–H groups in total. The molecule has 0 saturated carbocycles. The highest BCUT2D eigenvalue weighted by Gasteiger charge is 2.25. The van der Waals surface area contributed by atoms with Gasteiger partial charge in [0.15, 0.2) is 0 Å². The molecule has 27 heavy (non-hydrogen) atoms. The molecule has 7 heteroatoms. The number of carbonyl (C=O) groups excluding carboxylic acids is 1. The third-order valence-corrected chi connectivity index (χ3v) is 4.45. The number of nitrogens with zero attached hydrogens (tertiary/aromatic N) is 4. The Kier molecular flexibility index (Phi) is 5.00. The Morgan fingerprint density at radius 1 is 0.926 bits per heavy atom. The van der Waals surface area contributed by atoms with E-state index in [2.05, 4.69) is 10.2 Å². The number of hydrogen-bond donors (Lipinski definition) is 0. The fourth-order valence-corrected chi connectivity index (χ4v) is 2.93. The first-order valence-electron chi connectivity index (χ1n) is 8.89. The second-order valence-corrected chi connectivity index (χ2v) is 6.27. The van der Waals surface area contributed by atoms with Gasteiger partial charge in [0.05, 0.1) is 0 Å². The van der Waals surface area contributed by atoms with E-state index in [1.807, 2.05) is 65.6 Å². The van der Waals surface area contributed by atoms with E-state index in [1.54, 1.807) is 4.90 Å². The summed E-state index contributed by atoms with van der Waals surface area (Å²) < 4.78 is 11.2. The molecule has 138 valence electrons. The van der Waals surface area contributed by atoms with Crippen molar-refractivity contribution in [1.82, 2.24) is 15.1 Å². The average Bonchev–Trinajstić information content (AvgIpc) is 3.24. The van der Waals surface area contributed by atoms with Crippen molar-refractivity contribution in [2.24, 2.45) is 0 Å². The lowest BCUT2D eigenvalue weighted by Gasteiger charge is -2.32. The maximum absolute atomic E-state index is 12.2. The molecule has 3 aromatic rings. The third-order valence-electron chi connectivity index (χ3n) is 4.45. The van der Waals surface area contributed by atoms with E-state index in [0.29, 0.717) is 38.1 Å². The van der Waals surface area contributed by atoms with Gasteiger partial charge in [0.1, 0.15) is 6.61 Å². The topological polar surface area (TPSA) is 71.7 Å². The highest BCUT2D eigenvalue weighted by molar-refractivity contribution is 5.68. The molecule has 0 unspecified atom stereocenters. The van der Waals surface area contributed by atoms with Gasteiger partial charge in [-0.1, -0.05) is 53.6 Å². The number of hydrogen-bond acceptors (Lipinski definition) is 6. The Hall–Kier alpha value is -3.35. The van der Waals surface area contributed by atoms with E-state index in [4.69, 9.17) is 9.15 Å². The molecule has 2 aromatic carbocycles. The number of amides is 1. The lowest BCUT2D eigenvalue weighted by atomic mass is 10.2. The van der Waals surface area contributed by atoms with Crippen LogP contribution in [0.25, 0.3) is 11.5 Å². The fourth-order valence-electron chi connectivity index (χ4n) is 2.93. The minimum absolute atomic E-state index is 0.282. The van der Waals surface area contributed by atoms with Gasteiger partial charge in [0, 0.05) is 31.7 Å². The van der Waals surface area contributed by atoms with Crippen LogP contribution in [0, 0.1) is 0 Å². The smallest absolute Gasteiger partial charge is 0.410 e. The summed E-state index contributed by atoms with van der Waals surface area (Å²) in [5.74, 6) is 0.496. The van der Waals surface area contributed by atoms with Crippen LogP contribution in [0.1, 0.15) is 5.56 Å². The highest BCUT2D eigenvalue weighted by Crippen LogP contribution is 2.22. The minimum Gasteiger partial charge on any atom is -0.445 e. The van der Waals surface area contributed by atoms with Crippen molar-refractivity contribution >= 4 is 12.1 Å². The van der Waals surface area contributed by atoms with Crippen molar-refractivity contribution < 1.29 is 13.9 Å². The summed E-state index contributed by atoms with van der Waals surface area (Å²) in [6, 6.07) is 19.8. The van der Waals surface area contributed by atoms with Gasteiger partial charge in [-0.3, -0.25) is 0 Å². The van der Waals surface area contributed by atoms with Gasteiger partial charge < -0.3 is 19.0 Å². The Labute approximate surface area is 157 Å². The quantitative estimate of drug-likeness (QED) is 0.708. The van der Waals surface area contributed by atoms with E-state index < -0.39 is 0 Å². The van der Waals surface area contributed by atoms with Crippen LogP contribution in [-0.2, 0) is 11.3 Å². The van der Waals surface area contributed by atoms with Crippen LogP contribution >= 0.6 is 0 Å². The summed E-state index contributed by atoms with van der Waals surface area (Å²) in [6.07, 6.45) is -0.297. The van der Waals surface area contributed by atoms with Crippen LogP contribution in [0.2, 0.25) is 0 Å². The van der Waals surface area contributed by atoms with Gasteiger partial charge in [0.2, 0.25) is 5.89 Å². The molecule has 0 radical (unpaired) electrons. The number of anilines is 1. The van der Waals surface area contributed by atoms with Crippen molar-refractivity contribution in [3.05, 3.63) is 66.2 Å². The molecule has 1 aromatic heterocycles. The van der Waals surface area contributed by atoms with Gasteiger partial charge >= 0.3 is 12.1 Å². The van der Waals surface area contributed by atoms with Crippen LogP contribution in [0.5, 0.6) is 0 Å². The Bertz CT molecular complexity index is 875. The predicted molar refractivity (Wildman–Crippen MR) is 100 cm³/mol. The van der Waals surface area contributed by atoms with E-state index in [0.717, 1.165) is 11.1 Å². The zero-order valence-electron chi connectivity index (χ0n) is 14.8. The third kappa shape index (κ3) is 4.08. The van der Waals surface area contributed by atoms with Gasteiger partial charge in [-0.25, -0.2) is 4.79 Å². The van der Waals surface area contributed by atoms with Crippen molar-refractivity contribution in [2.45, 2.75) is 6.61 Å². The van der Waals surface area contributed by atoms with Crippen LogP contribution in [-0.4, -0.2) is 47.4 Å². The minimum atomic E-state index is -0.297. The molecule has 2 heterocycles. The molecule has 1 amide bonds. The summed E-state index contributed by atoms with van der Waals surface area (Å²) in [5, 5.41) is 8.25. The lowest BCUT2D eigenvalue weighted by Crippen LogP contribution is -2.49. The molecule has 7 nitrogen and oxygen atoms in total. The van der Waals surface area contributed by atoms with E-state index in [1.165, 1.54) is 0 Å². The van der Waals surface area contributed by atoms with Crippen LogP contribution in [0.3, 0.4) is 0 Å². The average molecular weight is 364 g/mol. The monoisotopic (exact) mass is 364 g/mol. The summed E-state index contributed by atoms with van der Waals surface area (Å²) in [5.41, 5.74) is 1.86. The highest BCUT2D eigenvalue weighted by atomic mass is 16.6. The van der Waals surface area contributed by atoms with Crippen LogP contribution in [0.15, 0.2) is 65.1 Å². The fraction of sp³-hybridized carbons (Fsp3) is 0.250. The van der Waals surface area contributed by atoms with Crippen molar-refractivity contribution in [3.8, 4) is 11.5 Å². The maximum atomic E-state index is 12.2. The largest absolute Gasteiger partial charge is 0.445 e. The zero-order valence-corrected chi connectivity index (χ0v) is 14.8. The Balaban J connectivity index is 1.30. The molecule has 0 atom stereocenters. The zero-order chi connectivity index (χ0) is 18.5. The normalized spacial score (nSPS) is 14.2. The summed E-state index contributed by atoms with van der Waals surface area (Å²) in [4.78, 5) is 15.9. The van der Waals surface area contributed by atoms with Crippen molar-refractivity contribution in [3.63, 3.8) is 0 Å². The van der Waals surface area contributed by atoms with Crippen LogP contribution in [0.4, 0.5) is 10.8 Å². The molecule has 4 rings (SSSR count). The number of aromatic nitrogens is 2. The number of carbonyl (C=O) groups is 1. The number of piperazine rings is 1. The van der Waals surface area contributed by atoms with E-state index >= 15 is 0 Å². The first-order chi connectivity index (χ1) is 13.3. The Morgan fingerprint density at radius 2 is 1.59 bits per heavy atom. The molecule has 0 bridgehead atoms. The molecule has 1 saturated heterocycles. The summed E-state index contributed by atoms with van der Waals surface area (Å²) >= 11 is 0. The second kappa shape index (κ2) is 7.90. The molecule has 0 aliphatic carbocycles. The van der Waals surface area contributed by atoms with Crippen LogP contribution < -0.4 is 4.90 Å². The van der Waals surface area contributed by atoms with E-state index in [9.17, 15) is 4.79 Å². The van der Waals surface area contributed by atoms with E-state index in [-0.39, 0.29) is 12.7 Å². The summed E-state index contributed by atoms with van der Waals surface area (Å²) in [7, 11) is 0. The van der Waals surface area contributed by atoms with Gasteiger partial charge in [-0.15, -0.1) is 5.10 Å². The molecular formula is C20H20N4O3. The predicted octanol–water partition coefficient (Wildman–Crippen LogP) is 3.20. The van der Waals surface area contributed by atoms with Crippen molar-refractivity contribution in [1.29, 1.82) is 0 Å². The lowest BCUT2D eigenvalue weighted by molar-refractivity contribution is 0.0938. The first-order valence-corrected chi connectivity index (χ1v) is 8.89. The van der Waals surface area contributed by atoms with Gasteiger partial charge in [-0.2, -0.15) is 0 Å². The van der Waals surface area contributed by atoms with Gasteiger partial charge in [-0.05, 0) is 17.7 Å². The number of benzene rings is 2. The maximum Gasteiger partial charge on any atom is 0.410 e. The van der Waals surface area contributed by atoms with Gasteiger partial charge in [0.25, 0.3) is 0 Å². The standard InChI is InChI=1S/C20H20N4O3/c25-20(26-15-16-7-3-1-4-8-16)24-13-11-23(12-14-24)19-22-21-18(27-19)17-9-5-2-6-10-17/h1-10H,11-15H2. The molecular weight excluding hydrogens is 344 g/mol. The molecule has 1 aliphatic rings. The SMILES string of the molecule is O=C(OCc1ccccc1)N1CCN(c2nnc(-c3ccccc3)o2)CC1. The Morgan fingerprint density at radius 3 is 2.30 bits per heavy atom. The molecule has 0 spiro atoms. The molecule has 1 fully saturated rings.